The van der Waals surface area contributed by atoms with E-state index in [1.165, 1.54) is 6.07 Å². The van der Waals surface area contributed by atoms with Crippen molar-refractivity contribution in [3.63, 3.8) is 0 Å². The van der Waals surface area contributed by atoms with Gasteiger partial charge in [0.2, 0.25) is 0 Å². The molecule has 2 rings (SSSR count). The lowest BCUT2D eigenvalue weighted by Gasteiger charge is -2.09. The quantitative estimate of drug-likeness (QED) is 0.881. The Morgan fingerprint density at radius 1 is 1.14 bits per heavy atom. The third kappa shape index (κ3) is 3.69. The average Bonchev–Trinajstić information content (AvgIpc) is 2.51. The van der Waals surface area contributed by atoms with E-state index in [0.29, 0.717) is 0 Å². The maximum absolute atomic E-state index is 12.3. The first-order valence-corrected chi connectivity index (χ1v) is 7.04. The van der Waals surface area contributed by atoms with Gasteiger partial charge >= 0.3 is 5.97 Å². The highest BCUT2D eigenvalue weighted by Crippen LogP contribution is 2.17. The van der Waals surface area contributed by atoms with Crippen LogP contribution in [0.15, 0.2) is 36.4 Å². The van der Waals surface area contributed by atoms with E-state index < -0.39 is 5.97 Å². The van der Waals surface area contributed by atoms with E-state index >= 15 is 0 Å². The van der Waals surface area contributed by atoms with Crippen molar-refractivity contribution in [2.75, 3.05) is 11.9 Å². The summed E-state index contributed by atoms with van der Waals surface area (Å²) in [5, 5.41) is 2.81. The van der Waals surface area contributed by atoms with Gasteiger partial charge in [-0.05, 0) is 50.1 Å². The number of ether oxygens (including phenoxy) is 1. The van der Waals surface area contributed by atoms with Crippen molar-refractivity contribution in [3.05, 3.63) is 58.9 Å². The summed E-state index contributed by atoms with van der Waals surface area (Å²) >= 11 is 0. The summed E-state index contributed by atoms with van der Waals surface area (Å²) in [5.41, 5.74) is 3.03. The van der Waals surface area contributed by atoms with Gasteiger partial charge in [-0.3, -0.25) is 4.79 Å². The van der Waals surface area contributed by atoms with Gasteiger partial charge in [-0.2, -0.15) is 0 Å². The Morgan fingerprint density at radius 2 is 1.86 bits per heavy atom. The zero-order chi connectivity index (χ0) is 16.1. The molecule has 0 aliphatic carbocycles. The molecular formula is C17H18N2O3. The van der Waals surface area contributed by atoms with Gasteiger partial charge in [0.05, 0.1) is 6.61 Å². The number of hydrogen-bond acceptors (Lipinski definition) is 4. The minimum atomic E-state index is -0.538. The summed E-state index contributed by atoms with van der Waals surface area (Å²) in [7, 11) is 0. The number of hydrogen-bond donors (Lipinski definition) is 1. The summed E-state index contributed by atoms with van der Waals surface area (Å²) in [6.45, 7) is 5.85. The highest BCUT2D eigenvalue weighted by molar-refractivity contribution is 6.04. The molecule has 1 heterocycles. The Kier molecular flexibility index (Phi) is 4.88. The first-order valence-electron chi connectivity index (χ1n) is 7.04. The minimum absolute atomic E-state index is 0.121. The van der Waals surface area contributed by atoms with Gasteiger partial charge in [-0.15, -0.1) is 0 Å². The van der Waals surface area contributed by atoms with Crippen molar-refractivity contribution in [1.82, 2.24) is 4.98 Å². The molecule has 5 nitrogen and oxygen atoms in total. The van der Waals surface area contributed by atoms with E-state index in [0.717, 1.165) is 16.8 Å². The number of aryl methyl sites for hydroxylation is 2. The van der Waals surface area contributed by atoms with Crippen LogP contribution in [-0.2, 0) is 4.74 Å². The summed E-state index contributed by atoms with van der Waals surface area (Å²) in [6, 6.07) is 10.5. The van der Waals surface area contributed by atoms with Crippen LogP contribution in [0.4, 0.5) is 5.69 Å². The topological polar surface area (TPSA) is 68.3 Å². The van der Waals surface area contributed by atoms with E-state index in [4.69, 9.17) is 4.74 Å². The second kappa shape index (κ2) is 6.85. The molecule has 0 saturated heterocycles. The third-order valence-corrected chi connectivity index (χ3v) is 3.11. The number of amides is 1. The number of esters is 1. The van der Waals surface area contributed by atoms with Gasteiger partial charge < -0.3 is 10.1 Å². The summed E-state index contributed by atoms with van der Waals surface area (Å²) in [6.07, 6.45) is 0. The summed E-state index contributed by atoms with van der Waals surface area (Å²) < 4.78 is 4.88. The fourth-order valence-corrected chi connectivity index (χ4v) is 1.94. The molecule has 0 aliphatic heterocycles. The molecule has 0 radical (unpaired) electrons. The molecule has 0 atom stereocenters. The van der Waals surface area contributed by atoms with E-state index in [1.54, 1.807) is 19.1 Å². The number of rotatable bonds is 4. The third-order valence-electron chi connectivity index (χ3n) is 3.11. The Balaban J connectivity index is 2.21. The van der Waals surface area contributed by atoms with E-state index in [1.807, 2.05) is 32.0 Å². The number of nitrogens with zero attached hydrogens (tertiary/aromatic N) is 1. The predicted molar refractivity (Wildman–Crippen MR) is 84.1 cm³/mol. The number of carbonyl (C=O) groups excluding carboxylic acids is 2. The molecule has 1 amide bonds. The minimum Gasteiger partial charge on any atom is -0.461 e. The summed E-state index contributed by atoms with van der Waals surface area (Å²) in [4.78, 5) is 28.0. The molecule has 1 aromatic carbocycles. The molecule has 0 spiro atoms. The highest BCUT2D eigenvalue weighted by Gasteiger charge is 2.13. The predicted octanol–water partition coefficient (Wildman–Crippen LogP) is 3.13. The van der Waals surface area contributed by atoms with Gasteiger partial charge in [-0.25, -0.2) is 9.78 Å². The fourth-order valence-electron chi connectivity index (χ4n) is 1.94. The Bertz CT molecular complexity index is 711. The summed E-state index contributed by atoms with van der Waals surface area (Å²) in [5.74, 6) is -0.899. The molecule has 0 fully saturated rings. The van der Waals surface area contributed by atoms with E-state index in [-0.39, 0.29) is 23.9 Å². The van der Waals surface area contributed by atoms with Crippen LogP contribution in [0.25, 0.3) is 0 Å². The molecule has 0 bridgehead atoms. The number of aromatic nitrogens is 1. The van der Waals surface area contributed by atoms with Gasteiger partial charge in [0.15, 0.2) is 0 Å². The maximum atomic E-state index is 12.3. The molecule has 0 saturated carbocycles. The van der Waals surface area contributed by atoms with Gasteiger partial charge in [0, 0.05) is 5.69 Å². The van der Waals surface area contributed by atoms with Gasteiger partial charge in [-0.1, -0.05) is 18.2 Å². The second-order valence-corrected chi connectivity index (χ2v) is 4.90. The van der Waals surface area contributed by atoms with Crippen molar-refractivity contribution in [2.24, 2.45) is 0 Å². The van der Waals surface area contributed by atoms with Gasteiger partial charge in [0.1, 0.15) is 11.4 Å². The van der Waals surface area contributed by atoms with E-state index in [2.05, 4.69) is 10.3 Å². The van der Waals surface area contributed by atoms with Gasteiger partial charge in [0.25, 0.3) is 5.91 Å². The second-order valence-electron chi connectivity index (χ2n) is 4.90. The molecular weight excluding hydrogens is 280 g/mol. The lowest BCUT2D eigenvalue weighted by Crippen LogP contribution is -2.17. The van der Waals surface area contributed by atoms with Crippen LogP contribution in [0.3, 0.4) is 0 Å². The lowest BCUT2D eigenvalue weighted by molar-refractivity contribution is 0.0519. The SMILES string of the molecule is CCOC(=O)c1cccc(C(=O)Nc2cc(C)ccc2C)n1. The normalized spacial score (nSPS) is 10.1. The zero-order valence-electron chi connectivity index (χ0n) is 12.8. The van der Waals surface area contributed by atoms with Crippen LogP contribution in [0.1, 0.15) is 39.0 Å². The van der Waals surface area contributed by atoms with Crippen LogP contribution in [-0.4, -0.2) is 23.5 Å². The molecule has 5 heteroatoms. The molecule has 0 unspecified atom stereocenters. The number of anilines is 1. The van der Waals surface area contributed by atoms with Crippen molar-refractivity contribution in [2.45, 2.75) is 20.8 Å². The first kappa shape index (κ1) is 15.7. The highest BCUT2D eigenvalue weighted by atomic mass is 16.5. The van der Waals surface area contributed by atoms with Crippen molar-refractivity contribution < 1.29 is 14.3 Å². The monoisotopic (exact) mass is 298 g/mol. The van der Waals surface area contributed by atoms with Crippen LogP contribution in [0.2, 0.25) is 0 Å². The van der Waals surface area contributed by atoms with Crippen molar-refractivity contribution in [1.29, 1.82) is 0 Å². The van der Waals surface area contributed by atoms with Crippen LogP contribution in [0, 0.1) is 13.8 Å². The van der Waals surface area contributed by atoms with Crippen molar-refractivity contribution >= 4 is 17.6 Å². The number of benzene rings is 1. The molecule has 2 aromatic rings. The van der Waals surface area contributed by atoms with Crippen LogP contribution >= 0.6 is 0 Å². The molecule has 1 N–H and O–H groups in total. The van der Waals surface area contributed by atoms with Crippen LogP contribution in [0.5, 0.6) is 0 Å². The largest absolute Gasteiger partial charge is 0.461 e. The number of nitrogens with one attached hydrogen (secondary N) is 1. The van der Waals surface area contributed by atoms with E-state index in [9.17, 15) is 9.59 Å². The zero-order valence-corrected chi connectivity index (χ0v) is 12.8. The number of pyridine rings is 1. The first-order chi connectivity index (χ1) is 10.5. The Hall–Kier alpha value is -2.69. The van der Waals surface area contributed by atoms with Crippen molar-refractivity contribution in [3.8, 4) is 0 Å². The fraction of sp³-hybridized carbons (Fsp3) is 0.235. The number of carbonyl (C=O) groups is 2. The Labute approximate surface area is 129 Å². The molecule has 22 heavy (non-hydrogen) atoms. The average molecular weight is 298 g/mol. The maximum Gasteiger partial charge on any atom is 0.356 e. The molecule has 114 valence electrons. The molecule has 0 aliphatic rings. The van der Waals surface area contributed by atoms with Crippen LogP contribution < -0.4 is 5.32 Å². The lowest BCUT2D eigenvalue weighted by atomic mass is 10.1. The smallest absolute Gasteiger partial charge is 0.356 e. The standard InChI is InChI=1S/C17H18N2O3/c1-4-22-17(21)14-7-5-6-13(18-14)16(20)19-15-10-11(2)8-9-12(15)3/h5-10H,4H2,1-3H3,(H,19,20). The molecule has 1 aromatic heterocycles. The Morgan fingerprint density at radius 3 is 2.59 bits per heavy atom.